The Balaban J connectivity index is 1.80. The summed E-state index contributed by atoms with van der Waals surface area (Å²) in [6, 6.07) is 31.7. The van der Waals surface area contributed by atoms with Crippen molar-refractivity contribution in [3.63, 3.8) is 0 Å². The van der Waals surface area contributed by atoms with Crippen molar-refractivity contribution in [1.82, 2.24) is 10.2 Å². The highest BCUT2D eigenvalue weighted by Gasteiger charge is 2.35. The lowest BCUT2D eigenvalue weighted by molar-refractivity contribution is -0.140. The molecular weight excluding hydrogens is 582 g/mol. The van der Waals surface area contributed by atoms with E-state index in [0.717, 1.165) is 39.4 Å². The Bertz CT molecular complexity index is 1660. The van der Waals surface area contributed by atoms with Crippen molar-refractivity contribution in [3.8, 4) is 0 Å². The second kappa shape index (κ2) is 15.5. The highest BCUT2D eigenvalue weighted by molar-refractivity contribution is 7.92. The quantitative estimate of drug-likeness (QED) is 0.178. The van der Waals surface area contributed by atoms with Crippen molar-refractivity contribution in [2.45, 2.75) is 70.5 Å². The van der Waals surface area contributed by atoms with Crippen LogP contribution in [0.25, 0.3) is 0 Å². The summed E-state index contributed by atoms with van der Waals surface area (Å²) in [6.45, 7) is 7.58. The van der Waals surface area contributed by atoms with Crippen LogP contribution in [0.5, 0.6) is 0 Å². The van der Waals surface area contributed by atoms with Crippen LogP contribution >= 0.6 is 0 Å². The molecule has 8 heteroatoms. The number of sulfonamides is 1. The molecule has 2 amide bonds. The number of benzene rings is 4. The minimum absolute atomic E-state index is 0.0814. The monoisotopic (exact) mass is 625 g/mol. The molecule has 0 aromatic heterocycles. The molecule has 45 heavy (non-hydrogen) atoms. The summed E-state index contributed by atoms with van der Waals surface area (Å²) in [6.07, 6.45) is 1.80. The minimum Gasteiger partial charge on any atom is -0.352 e. The molecule has 236 valence electrons. The summed E-state index contributed by atoms with van der Waals surface area (Å²) in [5, 5.41) is 3.07. The fourth-order valence-electron chi connectivity index (χ4n) is 5.15. The Morgan fingerprint density at radius 1 is 0.778 bits per heavy atom. The van der Waals surface area contributed by atoms with Gasteiger partial charge in [-0.05, 0) is 67.6 Å². The third-order valence-electron chi connectivity index (χ3n) is 7.95. The lowest BCUT2D eigenvalue weighted by Crippen LogP contribution is -2.54. The maximum atomic E-state index is 14.5. The second-order valence-corrected chi connectivity index (χ2v) is 13.2. The molecule has 0 saturated heterocycles. The summed E-state index contributed by atoms with van der Waals surface area (Å²) < 4.78 is 29.4. The number of hydrogen-bond donors (Lipinski definition) is 1. The van der Waals surface area contributed by atoms with E-state index in [1.165, 1.54) is 17.0 Å². The number of aryl methyl sites for hydroxylation is 2. The molecule has 0 unspecified atom stereocenters. The number of nitrogens with zero attached hydrogens (tertiary/aromatic N) is 2. The molecule has 0 spiro atoms. The van der Waals surface area contributed by atoms with E-state index < -0.39 is 28.5 Å². The van der Waals surface area contributed by atoms with E-state index in [9.17, 15) is 18.0 Å². The van der Waals surface area contributed by atoms with E-state index in [2.05, 4.69) is 5.32 Å². The van der Waals surface area contributed by atoms with Crippen molar-refractivity contribution < 1.29 is 18.0 Å². The third-order valence-corrected chi connectivity index (χ3v) is 9.74. The molecule has 4 aromatic carbocycles. The van der Waals surface area contributed by atoms with Gasteiger partial charge in [-0.1, -0.05) is 104 Å². The normalized spacial score (nSPS) is 12.6. The van der Waals surface area contributed by atoms with Crippen molar-refractivity contribution in [2.24, 2.45) is 0 Å². The first kappa shape index (κ1) is 33.5. The Kier molecular flexibility index (Phi) is 11.5. The lowest BCUT2D eigenvalue weighted by Gasteiger charge is -2.34. The zero-order chi connectivity index (χ0) is 32.4. The Morgan fingerprint density at radius 2 is 1.40 bits per heavy atom. The summed E-state index contributed by atoms with van der Waals surface area (Å²) in [5.41, 5.74) is 4.19. The third kappa shape index (κ3) is 8.82. The van der Waals surface area contributed by atoms with E-state index in [0.29, 0.717) is 5.69 Å². The van der Waals surface area contributed by atoms with Crippen molar-refractivity contribution >= 4 is 27.5 Å². The molecule has 4 rings (SSSR count). The topological polar surface area (TPSA) is 86.8 Å². The SMILES string of the molecule is CCc1ccc(N(CC(=O)N(Cc2cccc(C)c2)[C@@H](Cc2ccccc2)C(=O)N[C@H](C)CC)S(=O)(=O)c2ccccc2)cc1. The van der Waals surface area contributed by atoms with Crippen LogP contribution in [0.2, 0.25) is 0 Å². The van der Waals surface area contributed by atoms with Crippen LogP contribution in [0.3, 0.4) is 0 Å². The molecule has 1 N–H and O–H groups in total. The first-order valence-corrected chi connectivity index (χ1v) is 16.9. The highest BCUT2D eigenvalue weighted by atomic mass is 32.2. The molecule has 0 bridgehead atoms. The fourth-order valence-corrected chi connectivity index (χ4v) is 6.58. The molecule has 7 nitrogen and oxygen atoms in total. The number of nitrogens with one attached hydrogen (secondary N) is 1. The van der Waals surface area contributed by atoms with Crippen LogP contribution in [0.1, 0.15) is 49.4 Å². The van der Waals surface area contributed by atoms with Gasteiger partial charge in [0.25, 0.3) is 10.0 Å². The van der Waals surface area contributed by atoms with Crippen LogP contribution in [0.15, 0.2) is 114 Å². The van der Waals surface area contributed by atoms with Gasteiger partial charge in [0.15, 0.2) is 0 Å². The molecule has 0 aliphatic heterocycles. The van der Waals surface area contributed by atoms with Gasteiger partial charge < -0.3 is 10.2 Å². The van der Waals surface area contributed by atoms with Crippen LogP contribution in [-0.4, -0.2) is 43.8 Å². The van der Waals surface area contributed by atoms with Crippen LogP contribution in [0.4, 0.5) is 5.69 Å². The van der Waals surface area contributed by atoms with Gasteiger partial charge >= 0.3 is 0 Å². The predicted octanol–water partition coefficient (Wildman–Crippen LogP) is 6.31. The molecule has 4 aromatic rings. The number of amides is 2. The first-order valence-electron chi connectivity index (χ1n) is 15.5. The summed E-state index contributed by atoms with van der Waals surface area (Å²) >= 11 is 0. The average Bonchev–Trinajstić information content (AvgIpc) is 3.06. The first-order chi connectivity index (χ1) is 21.6. The van der Waals surface area contributed by atoms with E-state index in [1.54, 1.807) is 30.3 Å². The smallest absolute Gasteiger partial charge is 0.264 e. The number of carbonyl (C=O) groups is 2. The molecular formula is C37H43N3O4S. The zero-order valence-electron chi connectivity index (χ0n) is 26.5. The number of hydrogen-bond acceptors (Lipinski definition) is 4. The van der Waals surface area contributed by atoms with Gasteiger partial charge in [0.2, 0.25) is 11.8 Å². The number of rotatable bonds is 14. The van der Waals surface area contributed by atoms with Crippen LogP contribution < -0.4 is 9.62 Å². The molecule has 0 aliphatic carbocycles. The van der Waals surface area contributed by atoms with Crippen molar-refractivity contribution in [1.29, 1.82) is 0 Å². The Labute approximate surface area is 268 Å². The molecule has 0 aliphatic rings. The van der Waals surface area contributed by atoms with Crippen LogP contribution in [-0.2, 0) is 39.0 Å². The highest BCUT2D eigenvalue weighted by Crippen LogP contribution is 2.26. The van der Waals surface area contributed by atoms with Gasteiger partial charge in [0.05, 0.1) is 10.6 Å². The van der Waals surface area contributed by atoms with E-state index >= 15 is 0 Å². The number of anilines is 1. The van der Waals surface area contributed by atoms with Gasteiger partial charge in [0.1, 0.15) is 12.6 Å². The largest absolute Gasteiger partial charge is 0.352 e. The summed E-state index contributed by atoms with van der Waals surface area (Å²) in [4.78, 5) is 30.1. The molecule has 0 heterocycles. The van der Waals surface area contributed by atoms with Crippen molar-refractivity contribution in [3.05, 3.63) is 131 Å². The molecule has 0 radical (unpaired) electrons. The standard InChI is InChI=1S/C37H43N3O4S/c1-5-29(4)38-37(42)35(25-31-15-9-7-10-16-31)39(26-32-17-13-14-28(3)24-32)36(41)27-40(33-22-20-30(6-2)21-23-33)45(43,44)34-18-11-8-12-19-34/h7-24,29,35H,5-6,25-27H2,1-4H3,(H,38,42)/t29-,35+/m1/s1. The maximum absolute atomic E-state index is 14.5. The summed E-state index contributed by atoms with van der Waals surface area (Å²) in [5.74, 6) is -0.755. The lowest BCUT2D eigenvalue weighted by atomic mass is 10.0. The van der Waals surface area contributed by atoms with E-state index in [4.69, 9.17) is 0 Å². The van der Waals surface area contributed by atoms with Crippen molar-refractivity contribution in [2.75, 3.05) is 10.8 Å². The second-order valence-electron chi connectivity index (χ2n) is 11.4. The van der Waals surface area contributed by atoms with E-state index in [-0.39, 0.29) is 29.8 Å². The Hall–Kier alpha value is -4.43. The fraction of sp³-hybridized carbons (Fsp3) is 0.297. The predicted molar refractivity (Wildman–Crippen MR) is 180 cm³/mol. The number of carbonyl (C=O) groups excluding carboxylic acids is 2. The van der Waals surface area contributed by atoms with Gasteiger partial charge in [-0.2, -0.15) is 0 Å². The minimum atomic E-state index is -4.12. The maximum Gasteiger partial charge on any atom is 0.264 e. The molecule has 2 atom stereocenters. The van der Waals surface area contributed by atoms with Crippen LogP contribution in [0, 0.1) is 6.92 Å². The Morgan fingerprint density at radius 3 is 2.00 bits per heavy atom. The molecule has 0 fully saturated rings. The van der Waals surface area contributed by atoms with Gasteiger partial charge in [-0.15, -0.1) is 0 Å². The van der Waals surface area contributed by atoms with E-state index in [1.807, 2.05) is 94.4 Å². The van der Waals surface area contributed by atoms with Gasteiger partial charge in [-0.25, -0.2) is 8.42 Å². The summed E-state index contributed by atoms with van der Waals surface area (Å²) in [7, 11) is -4.12. The van der Waals surface area contributed by atoms with Gasteiger partial charge in [-0.3, -0.25) is 13.9 Å². The average molecular weight is 626 g/mol. The van der Waals surface area contributed by atoms with Gasteiger partial charge in [0, 0.05) is 19.0 Å². The molecule has 0 saturated carbocycles. The zero-order valence-corrected chi connectivity index (χ0v) is 27.3.